The molecule has 46 heavy (non-hydrogen) atoms. The van der Waals surface area contributed by atoms with Gasteiger partial charge in [0.1, 0.15) is 0 Å². The largest absolute Gasteiger partial charge is 0.478 e. The molecule has 4 heteroatoms. The van der Waals surface area contributed by atoms with Crippen molar-refractivity contribution in [2.45, 2.75) is 212 Å². The van der Waals surface area contributed by atoms with Crippen molar-refractivity contribution in [3.8, 4) is 0 Å². The van der Waals surface area contributed by atoms with Crippen LogP contribution in [0.4, 0.5) is 0 Å². The van der Waals surface area contributed by atoms with E-state index in [0.29, 0.717) is 6.61 Å². The van der Waals surface area contributed by atoms with E-state index >= 15 is 0 Å². The molecule has 0 aliphatic rings. The maximum atomic E-state index is 11.3. The Labute approximate surface area is 286 Å². The second-order valence-electron chi connectivity index (χ2n) is 13.5. The first-order valence-electron chi connectivity index (χ1n) is 20.0. The highest BCUT2D eigenvalue weighted by atomic mass is 16.5. The van der Waals surface area contributed by atoms with E-state index in [-0.39, 0.29) is 0 Å². The molecule has 0 saturated carbocycles. The molecule has 0 bridgehead atoms. The van der Waals surface area contributed by atoms with Crippen molar-refractivity contribution in [2.75, 3.05) is 6.61 Å². The summed E-state index contributed by atoms with van der Waals surface area (Å²) in [6, 6.07) is 0. The fourth-order valence-corrected chi connectivity index (χ4v) is 5.94. The first-order valence-corrected chi connectivity index (χ1v) is 20.0. The number of rotatable bonds is 37. The van der Waals surface area contributed by atoms with Crippen molar-refractivity contribution in [1.29, 1.82) is 0 Å². The SMILES string of the molecule is CCCCCCCCCCCCCCCCCCC=CCCCCCCCC/C=C\CCCCCCCCOC(=O)/C=C\C(=O)O. The lowest BCUT2D eigenvalue weighted by molar-refractivity contribution is -0.138. The van der Waals surface area contributed by atoms with Gasteiger partial charge in [0.2, 0.25) is 0 Å². The van der Waals surface area contributed by atoms with E-state index in [0.717, 1.165) is 31.4 Å². The fraction of sp³-hybridized carbons (Fsp3) is 0.810. The van der Waals surface area contributed by atoms with Gasteiger partial charge in [-0.15, -0.1) is 0 Å². The van der Waals surface area contributed by atoms with Crippen LogP contribution in [0.25, 0.3) is 0 Å². The van der Waals surface area contributed by atoms with Crippen molar-refractivity contribution in [2.24, 2.45) is 0 Å². The number of carbonyl (C=O) groups excluding carboxylic acids is 1. The Balaban J connectivity index is 3.20. The molecule has 0 unspecified atom stereocenters. The zero-order chi connectivity index (χ0) is 33.4. The van der Waals surface area contributed by atoms with Crippen LogP contribution in [-0.4, -0.2) is 23.7 Å². The summed E-state index contributed by atoms with van der Waals surface area (Å²) in [5, 5.41) is 8.47. The van der Waals surface area contributed by atoms with Gasteiger partial charge in [0.05, 0.1) is 6.61 Å². The number of carbonyl (C=O) groups is 2. The number of hydrogen-bond donors (Lipinski definition) is 1. The Hall–Kier alpha value is -1.84. The first kappa shape index (κ1) is 44.2. The quantitative estimate of drug-likeness (QED) is 0.0316. The number of ether oxygens (including phenoxy) is 1. The molecule has 0 saturated heterocycles. The van der Waals surface area contributed by atoms with Gasteiger partial charge in [0, 0.05) is 12.2 Å². The number of allylic oxidation sites excluding steroid dienone is 4. The van der Waals surface area contributed by atoms with Gasteiger partial charge in [0.25, 0.3) is 0 Å². The smallest absolute Gasteiger partial charge is 0.331 e. The van der Waals surface area contributed by atoms with Crippen LogP contribution in [0.5, 0.6) is 0 Å². The molecule has 0 aromatic carbocycles. The molecule has 0 aromatic heterocycles. The van der Waals surface area contributed by atoms with Crippen molar-refractivity contribution >= 4 is 11.9 Å². The van der Waals surface area contributed by atoms with Crippen molar-refractivity contribution in [1.82, 2.24) is 0 Å². The van der Waals surface area contributed by atoms with Gasteiger partial charge in [-0.1, -0.05) is 179 Å². The van der Waals surface area contributed by atoms with Crippen molar-refractivity contribution in [3.05, 3.63) is 36.5 Å². The molecule has 0 heterocycles. The van der Waals surface area contributed by atoms with Crippen molar-refractivity contribution < 1.29 is 19.4 Å². The maximum absolute atomic E-state index is 11.3. The molecule has 0 rings (SSSR count). The summed E-state index contributed by atoms with van der Waals surface area (Å²) in [7, 11) is 0. The molecule has 0 aliphatic carbocycles. The minimum Gasteiger partial charge on any atom is -0.478 e. The fourth-order valence-electron chi connectivity index (χ4n) is 5.94. The van der Waals surface area contributed by atoms with Gasteiger partial charge >= 0.3 is 11.9 Å². The average molecular weight is 645 g/mol. The minimum atomic E-state index is -1.14. The second-order valence-corrected chi connectivity index (χ2v) is 13.5. The van der Waals surface area contributed by atoms with Crippen molar-refractivity contribution in [3.63, 3.8) is 0 Å². The molecular formula is C42H76O4. The third-order valence-corrected chi connectivity index (χ3v) is 8.92. The Bertz CT molecular complexity index is 723. The molecular weight excluding hydrogens is 568 g/mol. The predicted molar refractivity (Wildman–Crippen MR) is 199 cm³/mol. The van der Waals surface area contributed by atoms with Crippen LogP contribution < -0.4 is 0 Å². The van der Waals surface area contributed by atoms with E-state index < -0.39 is 11.9 Å². The van der Waals surface area contributed by atoms with Gasteiger partial charge < -0.3 is 9.84 Å². The summed E-state index contributed by atoms with van der Waals surface area (Å²) in [6.07, 6.45) is 54.4. The van der Waals surface area contributed by atoms with Gasteiger partial charge in [0.15, 0.2) is 0 Å². The second kappa shape index (κ2) is 39.3. The van der Waals surface area contributed by atoms with E-state index in [9.17, 15) is 9.59 Å². The van der Waals surface area contributed by atoms with E-state index in [4.69, 9.17) is 9.84 Å². The summed E-state index contributed by atoms with van der Waals surface area (Å²) in [6.45, 7) is 2.66. The Morgan fingerprint density at radius 2 is 0.696 bits per heavy atom. The standard InChI is InChI=1S/C42H76O4/c1-2-3-4-5-6-7-8-9-10-11-12-13-14-15-16-17-18-19-20-21-22-23-24-25-26-27-28-29-30-31-32-33-34-35-36-37-40-46-42(45)39-38-41(43)44/h19-20,29-30,38-39H,2-18,21-28,31-37,40H2,1H3,(H,43,44)/b20-19?,30-29-,39-38-. The monoisotopic (exact) mass is 645 g/mol. The number of esters is 1. The van der Waals surface area contributed by atoms with E-state index in [1.807, 2.05) is 0 Å². The summed E-state index contributed by atoms with van der Waals surface area (Å²) in [5.41, 5.74) is 0. The molecule has 0 radical (unpaired) electrons. The number of hydrogen-bond acceptors (Lipinski definition) is 3. The van der Waals surface area contributed by atoms with Gasteiger partial charge in [-0.25, -0.2) is 9.59 Å². The average Bonchev–Trinajstić information content (AvgIpc) is 3.05. The lowest BCUT2D eigenvalue weighted by atomic mass is 10.0. The topological polar surface area (TPSA) is 63.6 Å². The van der Waals surface area contributed by atoms with Crippen LogP contribution in [0.15, 0.2) is 36.5 Å². The minimum absolute atomic E-state index is 0.364. The van der Waals surface area contributed by atoms with Gasteiger partial charge in [-0.2, -0.15) is 0 Å². The zero-order valence-corrected chi connectivity index (χ0v) is 30.5. The lowest BCUT2D eigenvalue weighted by Crippen LogP contribution is -2.03. The third-order valence-electron chi connectivity index (χ3n) is 8.92. The number of aliphatic carboxylic acids is 1. The molecule has 0 spiro atoms. The zero-order valence-electron chi connectivity index (χ0n) is 30.5. The first-order chi connectivity index (χ1) is 22.7. The maximum Gasteiger partial charge on any atom is 0.331 e. The Kier molecular flexibility index (Phi) is 37.8. The van der Waals surface area contributed by atoms with Crippen LogP contribution in [0.2, 0.25) is 0 Å². The highest BCUT2D eigenvalue weighted by Gasteiger charge is 1.99. The number of carboxylic acids is 1. The van der Waals surface area contributed by atoms with Crippen LogP contribution in [0.3, 0.4) is 0 Å². The molecule has 0 atom stereocenters. The van der Waals surface area contributed by atoms with Gasteiger partial charge in [-0.05, 0) is 57.8 Å². The normalized spacial score (nSPS) is 11.8. The van der Waals surface area contributed by atoms with Crippen LogP contribution in [0, 0.1) is 0 Å². The predicted octanol–water partition coefficient (Wildman–Crippen LogP) is 13.8. The number of unbranched alkanes of at least 4 members (excludes halogenated alkanes) is 29. The summed E-state index contributed by atoms with van der Waals surface area (Å²) >= 11 is 0. The highest BCUT2D eigenvalue weighted by Crippen LogP contribution is 2.15. The Morgan fingerprint density at radius 1 is 0.413 bits per heavy atom. The van der Waals surface area contributed by atoms with Crippen LogP contribution in [0.1, 0.15) is 212 Å². The summed E-state index contributed by atoms with van der Waals surface area (Å²) in [4.78, 5) is 21.6. The molecule has 0 amide bonds. The van der Waals surface area contributed by atoms with E-state index in [1.165, 1.54) is 186 Å². The van der Waals surface area contributed by atoms with Crippen LogP contribution in [-0.2, 0) is 14.3 Å². The lowest BCUT2D eigenvalue weighted by Gasteiger charge is -2.03. The van der Waals surface area contributed by atoms with Gasteiger partial charge in [-0.3, -0.25) is 0 Å². The summed E-state index contributed by atoms with van der Waals surface area (Å²) < 4.78 is 4.96. The van der Waals surface area contributed by atoms with Crippen LogP contribution >= 0.6 is 0 Å². The molecule has 268 valence electrons. The molecule has 1 N–H and O–H groups in total. The molecule has 0 aliphatic heterocycles. The Morgan fingerprint density at radius 3 is 1.00 bits per heavy atom. The molecule has 4 nitrogen and oxygen atoms in total. The molecule has 0 aromatic rings. The van der Waals surface area contributed by atoms with E-state index in [1.54, 1.807) is 0 Å². The van der Waals surface area contributed by atoms with E-state index in [2.05, 4.69) is 31.2 Å². The third kappa shape index (κ3) is 40.2. The number of carboxylic acid groups (broad SMARTS) is 1. The highest BCUT2D eigenvalue weighted by molar-refractivity contribution is 5.90. The summed E-state index contributed by atoms with van der Waals surface area (Å²) in [5.74, 6) is -1.72. The molecule has 0 fully saturated rings.